The van der Waals surface area contributed by atoms with Gasteiger partial charge in [-0.1, -0.05) is 133 Å². The van der Waals surface area contributed by atoms with E-state index in [4.69, 9.17) is 14.2 Å². The Bertz CT molecular complexity index is 1260. The van der Waals surface area contributed by atoms with Gasteiger partial charge in [-0.25, -0.2) is 0 Å². The summed E-state index contributed by atoms with van der Waals surface area (Å²) in [5.41, 5.74) is 4.47. The summed E-state index contributed by atoms with van der Waals surface area (Å²) in [5, 5.41) is 3.74. The number of hydrogen-bond donors (Lipinski definition) is 1. The fourth-order valence-electron chi connectivity index (χ4n) is 4.77. The number of rotatable bonds is 18. The molecule has 0 heterocycles. The van der Waals surface area contributed by atoms with Gasteiger partial charge in [-0.15, -0.1) is 13.2 Å². The van der Waals surface area contributed by atoms with Gasteiger partial charge in [0.25, 0.3) is 0 Å². The fourth-order valence-corrected chi connectivity index (χ4v) is 4.77. The SMILES string of the molecule is C=CC[C@@H](NCc1ccccc1)[C@H](OCc1ccccc1)[C@@H](OCc1ccccc1)[C@@H](C=C)OCc1ccccc1. The standard InChI is InChI=1S/C37H41NO3/c1-3-17-34(38-26-30-18-9-5-10-19-30)36(40-28-32-22-13-7-14-23-32)37(41-29-33-24-15-8-16-25-33)35(4-2)39-27-31-20-11-6-12-21-31/h3-16,18-25,34-38H,1-2,17,26-29H2/t34-,35-,36+,37+/m1/s1. The van der Waals surface area contributed by atoms with Crippen LogP contribution < -0.4 is 5.32 Å². The summed E-state index contributed by atoms with van der Waals surface area (Å²) >= 11 is 0. The molecule has 0 aromatic heterocycles. The fraction of sp³-hybridized carbons (Fsp3) is 0.243. The molecular weight excluding hydrogens is 506 g/mol. The van der Waals surface area contributed by atoms with Crippen LogP contribution in [0.15, 0.2) is 147 Å². The third-order valence-corrected chi connectivity index (χ3v) is 6.96. The highest BCUT2D eigenvalue weighted by atomic mass is 16.6. The van der Waals surface area contributed by atoms with Crippen molar-refractivity contribution in [3.63, 3.8) is 0 Å². The van der Waals surface area contributed by atoms with Crippen molar-refractivity contribution in [1.29, 1.82) is 0 Å². The predicted octanol–water partition coefficient (Wildman–Crippen LogP) is 7.66. The minimum Gasteiger partial charge on any atom is -0.369 e. The van der Waals surface area contributed by atoms with Crippen molar-refractivity contribution < 1.29 is 14.2 Å². The van der Waals surface area contributed by atoms with Gasteiger partial charge in [0.2, 0.25) is 0 Å². The topological polar surface area (TPSA) is 39.7 Å². The van der Waals surface area contributed by atoms with Crippen molar-refractivity contribution in [1.82, 2.24) is 5.32 Å². The molecule has 0 saturated carbocycles. The molecule has 0 amide bonds. The Balaban J connectivity index is 1.63. The van der Waals surface area contributed by atoms with E-state index in [-0.39, 0.29) is 12.1 Å². The summed E-state index contributed by atoms with van der Waals surface area (Å²) in [7, 11) is 0. The van der Waals surface area contributed by atoms with Gasteiger partial charge >= 0.3 is 0 Å². The van der Waals surface area contributed by atoms with Crippen molar-refractivity contribution >= 4 is 0 Å². The van der Waals surface area contributed by atoms with E-state index in [0.29, 0.717) is 32.8 Å². The lowest BCUT2D eigenvalue weighted by Crippen LogP contribution is -2.52. The molecule has 0 aliphatic rings. The van der Waals surface area contributed by atoms with Crippen LogP contribution in [0.3, 0.4) is 0 Å². The first-order valence-corrected chi connectivity index (χ1v) is 14.2. The molecule has 4 rings (SSSR count). The van der Waals surface area contributed by atoms with Gasteiger partial charge in [-0.05, 0) is 28.7 Å². The van der Waals surface area contributed by atoms with Gasteiger partial charge in [0.1, 0.15) is 18.3 Å². The van der Waals surface area contributed by atoms with Gasteiger partial charge in [0, 0.05) is 12.6 Å². The van der Waals surface area contributed by atoms with Crippen LogP contribution in [0.25, 0.3) is 0 Å². The zero-order valence-corrected chi connectivity index (χ0v) is 23.7. The van der Waals surface area contributed by atoms with Crippen molar-refractivity contribution in [2.24, 2.45) is 0 Å². The summed E-state index contributed by atoms with van der Waals surface area (Å²) < 4.78 is 19.9. The predicted molar refractivity (Wildman–Crippen MR) is 167 cm³/mol. The van der Waals surface area contributed by atoms with Crippen LogP contribution in [-0.4, -0.2) is 24.4 Å². The lowest BCUT2D eigenvalue weighted by atomic mass is 9.96. The van der Waals surface area contributed by atoms with E-state index in [1.54, 1.807) is 0 Å². The van der Waals surface area contributed by atoms with Gasteiger partial charge in [-0.2, -0.15) is 0 Å². The van der Waals surface area contributed by atoms with Crippen LogP contribution in [0.1, 0.15) is 28.7 Å². The number of ether oxygens (including phenoxy) is 3. The Morgan fingerprint density at radius 1 is 0.537 bits per heavy atom. The quantitative estimate of drug-likeness (QED) is 0.130. The van der Waals surface area contributed by atoms with Gasteiger partial charge in [-0.3, -0.25) is 0 Å². The van der Waals surface area contributed by atoms with E-state index in [9.17, 15) is 0 Å². The van der Waals surface area contributed by atoms with E-state index in [0.717, 1.165) is 16.7 Å². The lowest BCUT2D eigenvalue weighted by Gasteiger charge is -2.37. The second kappa shape index (κ2) is 17.1. The maximum Gasteiger partial charge on any atom is 0.115 e. The molecule has 4 heteroatoms. The zero-order chi connectivity index (χ0) is 28.5. The van der Waals surface area contributed by atoms with Crippen molar-refractivity contribution in [2.75, 3.05) is 0 Å². The molecule has 0 unspecified atom stereocenters. The maximum absolute atomic E-state index is 6.75. The molecule has 0 saturated heterocycles. The normalized spacial score (nSPS) is 14.0. The molecule has 4 atom stereocenters. The summed E-state index contributed by atoms with van der Waals surface area (Å²) in [5.74, 6) is 0. The van der Waals surface area contributed by atoms with Crippen molar-refractivity contribution in [2.45, 2.75) is 57.1 Å². The van der Waals surface area contributed by atoms with E-state index in [2.05, 4.69) is 79.1 Å². The average Bonchev–Trinajstić information content (AvgIpc) is 3.04. The van der Waals surface area contributed by atoms with Gasteiger partial charge in [0.05, 0.1) is 19.8 Å². The molecule has 0 aliphatic heterocycles. The number of hydrogen-bond acceptors (Lipinski definition) is 4. The second-order valence-corrected chi connectivity index (χ2v) is 10.0. The first-order chi connectivity index (χ1) is 20.3. The molecule has 1 N–H and O–H groups in total. The zero-order valence-electron chi connectivity index (χ0n) is 23.7. The van der Waals surface area contributed by atoms with Crippen molar-refractivity contribution in [3.8, 4) is 0 Å². The molecule has 0 aliphatic carbocycles. The Kier molecular flexibility index (Phi) is 12.6. The molecular formula is C37H41NO3. The molecule has 0 bridgehead atoms. The minimum absolute atomic E-state index is 0.0834. The highest BCUT2D eigenvalue weighted by molar-refractivity contribution is 5.17. The highest BCUT2D eigenvalue weighted by Gasteiger charge is 2.36. The first-order valence-electron chi connectivity index (χ1n) is 14.2. The van der Waals surface area contributed by atoms with Crippen LogP contribution in [0.2, 0.25) is 0 Å². The summed E-state index contributed by atoms with van der Waals surface area (Å²) in [6.45, 7) is 10.2. The van der Waals surface area contributed by atoms with Crippen LogP contribution in [0, 0.1) is 0 Å². The number of nitrogens with one attached hydrogen (secondary N) is 1. The minimum atomic E-state index is -0.437. The molecule has 0 fully saturated rings. The van der Waals surface area contributed by atoms with Crippen LogP contribution in [0.5, 0.6) is 0 Å². The molecule has 0 radical (unpaired) electrons. The largest absolute Gasteiger partial charge is 0.369 e. The van der Waals surface area contributed by atoms with E-state index >= 15 is 0 Å². The van der Waals surface area contributed by atoms with Gasteiger partial charge in [0.15, 0.2) is 0 Å². The number of benzene rings is 4. The average molecular weight is 548 g/mol. The molecule has 0 spiro atoms. The van der Waals surface area contributed by atoms with E-state index in [1.807, 2.05) is 72.8 Å². The Morgan fingerprint density at radius 2 is 0.951 bits per heavy atom. The van der Waals surface area contributed by atoms with Crippen LogP contribution in [-0.2, 0) is 40.6 Å². The van der Waals surface area contributed by atoms with Crippen molar-refractivity contribution in [3.05, 3.63) is 169 Å². The molecule has 4 aromatic carbocycles. The molecule has 4 nitrogen and oxygen atoms in total. The summed E-state index contributed by atoms with van der Waals surface area (Å²) in [4.78, 5) is 0. The Labute approximate surface area is 245 Å². The molecule has 4 aromatic rings. The molecule has 41 heavy (non-hydrogen) atoms. The highest BCUT2D eigenvalue weighted by Crippen LogP contribution is 2.23. The third-order valence-electron chi connectivity index (χ3n) is 6.96. The second-order valence-electron chi connectivity index (χ2n) is 10.0. The van der Waals surface area contributed by atoms with E-state index in [1.165, 1.54) is 5.56 Å². The van der Waals surface area contributed by atoms with Gasteiger partial charge < -0.3 is 19.5 Å². The summed E-state index contributed by atoms with van der Waals surface area (Å²) in [6, 6.07) is 40.9. The molecule has 212 valence electrons. The van der Waals surface area contributed by atoms with Crippen LogP contribution in [0.4, 0.5) is 0 Å². The monoisotopic (exact) mass is 547 g/mol. The van der Waals surface area contributed by atoms with Crippen LogP contribution >= 0.6 is 0 Å². The third kappa shape index (κ3) is 9.96. The smallest absolute Gasteiger partial charge is 0.115 e. The first kappa shape index (κ1) is 30.2. The Hall–Kier alpha value is -3.80. The maximum atomic E-state index is 6.75. The van der Waals surface area contributed by atoms with E-state index < -0.39 is 12.2 Å². The summed E-state index contributed by atoms with van der Waals surface area (Å²) in [6.07, 6.45) is 3.25. The Morgan fingerprint density at radius 3 is 1.39 bits per heavy atom. The lowest BCUT2D eigenvalue weighted by molar-refractivity contribution is -0.147.